The fraction of sp³-hybridized carbons (Fsp3) is 0.389. The Morgan fingerprint density at radius 2 is 2.21 bits per heavy atom. The summed E-state index contributed by atoms with van der Waals surface area (Å²) in [5.41, 5.74) is 2.20. The first-order valence-corrected chi connectivity index (χ1v) is 8.98. The molecule has 1 saturated heterocycles. The topological polar surface area (TPSA) is 104 Å². The summed E-state index contributed by atoms with van der Waals surface area (Å²) >= 11 is 0. The largest absolute Gasteiger partial charge is 0.381 e. The molecule has 0 saturated carbocycles. The molecule has 0 aliphatic carbocycles. The van der Waals surface area contributed by atoms with Gasteiger partial charge in [0.15, 0.2) is 11.3 Å². The van der Waals surface area contributed by atoms with Crippen LogP contribution in [0.4, 0.5) is 11.6 Å². The molecule has 0 atom stereocenters. The van der Waals surface area contributed by atoms with Gasteiger partial charge in [0, 0.05) is 36.5 Å². The number of aryl methyl sites for hydroxylation is 2. The van der Waals surface area contributed by atoms with E-state index in [2.05, 4.69) is 25.5 Å². The lowest BCUT2D eigenvalue weighted by atomic mass is 10.1. The molecule has 0 bridgehead atoms. The van der Waals surface area contributed by atoms with Gasteiger partial charge in [-0.1, -0.05) is 0 Å². The summed E-state index contributed by atoms with van der Waals surface area (Å²) < 4.78 is 32.9. The number of anilines is 2. The Morgan fingerprint density at radius 3 is 3.04 bits per heavy atom. The van der Waals surface area contributed by atoms with E-state index in [1.54, 1.807) is 10.7 Å². The highest BCUT2D eigenvalue weighted by atomic mass is 16.5. The van der Waals surface area contributed by atoms with Crippen LogP contribution in [0.25, 0.3) is 16.8 Å². The van der Waals surface area contributed by atoms with E-state index in [0.717, 1.165) is 15.8 Å². The van der Waals surface area contributed by atoms with Crippen molar-refractivity contribution < 1.29 is 8.85 Å². The minimum atomic E-state index is -2.64. The molecule has 0 amide bonds. The van der Waals surface area contributed by atoms with Crippen molar-refractivity contribution >= 4 is 28.4 Å². The number of rotatable bonds is 3. The van der Waals surface area contributed by atoms with Crippen molar-refractivity contribution in [3.8, 4) is 0 Å². The van der Waals surface area contributed by atoms with Crippen LogP contribution in [0.15, 0.2) is 29.6 Å². The van der Waals surface area contributed by atoms with Gasteiger partial charge in [-0.3, -0.25) is 13.5 Å². The zero-order chi connectivity index (χ0) is 21.8. The first kappa shape index (κ1) is 13.8. The van der Waals surface area contributed by atoms with Gasteiger partial charge in [-0.15, -0.1) is 10.2 Å². The molecule has 5 heterocycles. The molecule has 4 aromatic heterocycles. The van der Waals surface area contributed by atoms with Crippen molar-refractivity contribution in [3.63, 3.8) is 0 Å². The molecule has 0 spiro atoms. The summed E-state index contributed by atoms with van der Waals surface area (Å²) in [6.07, 6.45) is 5.99. The second-order valence-electron chi connectivity index (χ2n) is 6.83. The van der Waals surface area contributed by atoms with E-state index in [0.29, 0.717) is 31.7 Å². The molecule has 28 heavy (non-hydrogen) atoms. The third kappa shape index (κ3) is 2.64. The number of pyridine rings is 1. The lowest BCUT2D eigenvalue weighted by Gasteiger charge is -2.22. The highest BCUT2D eigenvalue weighted by Gasteiger charge is 2.23. The monoisotopic (exact) mass is 383 g/mol. The maximum atomic E-state index is 13.1. The molecule has 4 aromatic rings. The van der Waals surface area contributed by atoms with Crippen LogP contribution in [0.5, 0.6) is 0 Å². The zero-order valence-electron chi connectivity index (χ0n) is 18.2. The fourth-order valence-corrected chi connectivity index (χ4v) is 3.55. The number of nitrogens with one attached hydrogen (secondary N) is 1. The van der Waals surface area contributed by atoms with Gasteiger partial charge < -0.3 is 10.1 Å². The van der Waals surface area contributed by atoms with Crippen LogP contribution in [0.1, 0.15) is 28.6 Å². The molecule has 5 rings (SSSR count). The van der Waals surface area contributed by atoms with E-state index >= 15 is 0 Å². The number of aromatic nitrogens is 7. The highest BCUT2D eigenvalue weighted by molar-refractivity contribution is 5.73. The summed E-state index contributed by atoms with van der Waals surface area (Å²) in [6, 6.07) is 1.68. The van der Waals surface area contributed by atoms with Gasteiger partial charge in [-0.05, 0) is 31.4 Å². The number of hydrogen-bond acceptors (Lipinski definition) is 7. The van der Waals surface area contributed by atoms with E-state index in [1.807, 2.05) is 19.2 Å². The molecular formula is C18H20N8O2. The maximum absolute atomic E-state index is 13.1. The molecule has 1 N–H and O–H groups in total. The molecular weight excluding hydrogens is 360 g/mol. The second kappa shape index (κ2) is 6.41. The van der Waals surface area contributed by atoms with Gasteiger partial charge in [0.1, 0.15) is 11.8 Å². The van der Waals surface area contributed by atoms with Gasteiger partial charge in [0.05, 0.1) is 11.9 Å². The Bertz CT molecular complexity index is 1330. The average Bonchev–Trinajstić information content (AvgIpc) is 3.29. The van der Waals surface area contributed by atoms with Crippen molar-refractivity contribution in [1.82, 2.24) is 33.7 Å². The summed E-state index contributed by atoms with van der Waals surface area (Å²) in [6.45, 7) is 0.288. The summed E-state index contributed by atoms with van der Waals surface area (Å²) in [7, 11) is 0. The highest BCUT2D eigenvalue weighted by Crippen LogP contribution is 2.25. The van der Waals surface area contributed by atoms with Crippen LogP contribution in [-0.2, 0) is 11.7 Å². The normalized spacial score (nSPS) is 17.5. The van der Waals surface area contributed by atoms with Crippen molar-refractivity contribution in [2.24, 2.45) is 6.98 Å². The summed E-state index contributed by atoms with van der Waals surface area (Å²) in [5.74, 6) is 0.256. The minimum Gasteiger partial charge on any atom is -0.381 e. The Balaban J connectivity index is 1.64. The average molecular weight is 383 g/mol. The van der Waals surface area contributed by atoms with Crippen LogP contribution < -0.4 is 11.0 Å². The predicted molar refractivity (Wildman–Crippen MR) is 103 cm³/mol. The molecule has 1 aliphatic heterocycles. The molecule has 10 heteroatoms. The van der Waals surface area contributed by atoms with Gasteiger partial charge in [0.25, 0.3) is 0 Å². The number of imidazole rings is 1. The first-order chi connectivity index (χ1) is 14.8. The zero-order valence-corrected chi connectivity index (χ0v) is 15.2. The predicted octanol–water partition coefficient (Wildman–Crippen LogP) is 1.58. The van der Waals surface area contributed by atoms with E-state index in [1.165, 1.54) is 10.8 Å². The van der Waals surface area contributed by atoms with Crippen LogP contribution in [-0.4, -0.2) is 46.9 Å². The van der Waals surface area contributed by atoms with E-state index in [9.17, 15) is 4.79 Å². The van der Waals surface area contributed by atoms with Crippen LogP contribution in [0.2, 0.25) is 0 Å². The molecule has 10 nitrogen and oxygen atoms in total. The van der Waals surface area contributed by atoms with Crippen molar-refractivity contribution in [3.05, 3.63) is 40.8 Å². The Labute approximate surface area is 164 Å². The third-order valence-corrected chi connectivity index (χ3v) is 5.06. The van der Waals surface area contributed by atoms with Crippen LogP contribution >= 0.6 is 0 Å². The first-order valence-electron chi connectivity index (χ1n) is 10.5. The van der Waals surface area contributed by atoms with Crippen molar-refractivity contribution in [1.29, 1.82) is 0 Å². The fourth-order valence-electron chi connectivity index (χ4n) is 3.55. The summed E-state index contributed by atoms with van der Waals surface area (Å²) in [4.78, 5) is 21.9. The number of hydrogen-bond donors (Lipinski definition) is 1. The molecule has 1 fully saturated rings. The molecule has 1 aliphatic rings. The minimum absolute atomic E-state index is 0.174. The molecule has 0 aromatic carbocycles. The standard InChI is InChI=1S/C18H20N8O2/c1-11-7-15-23-20-10-25(15)9-13(11)21-17-19-8-14-16(22-17)26(18(27)24(14)2)12-3-5-28-6-4-12/h7-10,12H,3-6H2,1-2H3,(H,19,21,22)/i2D3. The van der Waals surface area contributed by atoms with Crippen molar-refractivity contribution in [2.75, 3.05) is 18.5 Å². The van der Waals surface area contributed by atoms with Crippen LogP contribution in [0.3, 0.4) is 0 Å². The maximum Gasteiger partial charge on any atom is 0.330 e. The Hall–Kier alpha value is -3.27. The number of fused-ring (bicyclic) bond motifs is 2. The lowest BCUT2D eigenvalue weighted by Crippen LogP contribution is -2.30. The molecule has 0 unspecified atom stereocenters. The van der Waals surface area contributed by atoms with Gasteiger partial charge in [-0.2, -0.15) is 4.98 Å². The van der Waals surface area contributed by atoms with E-state index in [-0.39, 0.29) is 23.2 Å². The third-order valence-electron chi connectivity index (χ3n) is 5.06. The summed E-state index contributed by atoms with van der Waals surface area (Å²) in [5, 5.41) is 11.1. The number of ether oxygens (including phenoxy) is 1. The van der Waals surface area contributed by atoms with E-state index in [4.69, 9.17) is 8.85 Å². The van der Waals surface area contributed by atoms with E-state index < -0.39 is 12.7 Å². The Morgan fingerprint density at radius 1 is 1.36 bits per heavy atom. The molecule has 0 radical (unpaired) electrons. The second-order valence-corrected chi connectivity index (χ2v) is 6.83. The smallest absolute Gasteiger partial charge is 0.330 e. The van der Waals surface area contributed by atoms with Crippen LogP contribution in [0, 0.1) is 6.92 Å². The van der Waals surface area contributed by atoms with Crippen molar-refractivity contribution in [2.45, 2.75) is 25.8 Å². The lowest BCUT2D eigenvalue weighted by molar-refractivity contribution is 0.0695. The van der Waals surface area contributed by atoms with Gasteiger partial charge >= 0.3 is 5.69 Å². The number of nitrogens with zero attached hydrogens (tertiary/aromatic N) is 7. The SMILES string of the molecule is [2H]C([2H])([2H])n1c(=O)n(C2CCOCC2)c2nc(Nc3cn4cnnc4cc3C)ncc21. The van der Waals surface area contributed by atoms with Gasteiger partial charge in [0.2, 0.25) is 5.95 Å². The molecule has 144 valence electrons. The van der Waals surface area contributed by atoms with Gasteiger partial charge in [-0.25, -0.2) is 9.78 Å². The Kier molecular flexibility index (Phi) is 3.17. The quantitative estimate of drug-likeness (QED) is 0.573.